The Morgan fingerprint density at radius 2 is 2.03 bits per heavy atom. The van der Waals surface area contributed by atoms with Crippen molar-refractivity contribution in [3.63, 3.8) is 0 Å². The molecule has 1 heterocycles. The lowest BCUT2D eigenvalue weighted by atomic mass is 10.2. The van der Waals surface area contributed by atoms with Crippen LogP contribution < -0.4 is 14.8 Å². The normalized spacial score (nSPS) is 13.8. The largest absolute Gasteiger partial charge is 0.475 e. The van der Waals surface area contributed by atoms with Crippen LogP contribution >= 0.6 is 0 Å². The predicted octanol–water partition coefficient (Wildman–Crippen LogP) is 1.73. The third-order valence-corrected chi connectivity index (χ3v) is 5.87. The van der Waals surface area contributed by atoms with Gasteiger partial charge in [-0.1, -0.05) is 12.1 Å². The molecular formula is C20H25N3O5S. The molecule has 0 radical (unpaired) electrons. The Labute approximate surface area is 170 Å². The maximum Gasteiger partial charge on any atom is 0.251 e. The van der Waals surface area contributed by atoms with E-state index in [-0.39, 0.29) is 22.9 Å². The van der Waals surface area contributed by atoms with Gasteiger partial charge in [0.05, 0.1) is 11.5 Å². The van der Waals surface area contributed by atoms with Crippen LogP contribution in [0.1, 0.15) is 28.8 Å². The Hall–Kier alpha value is -2.49. The van der Waals surface area contributed by atoms with Gasteiger partial charge in [-0.3, -0.25) is 4.79 Å². The molecule has 1 aliphatic rings. The molecule has 0 unspecified atom stereocenters. The summed E-state index contributed by atoms with van der Waals surface area (Å²) in [7, 11) is -2.02. The molecule has 0 bridgehead atoms. The summed E-state index contributed by atoms with van der Waals surface area (Å²) in [4.78, 5) is 16.7. The number of carbonyl (C=O) groups excluding carboxylic acids is 1. The van der Waals surface area contributed by atoms with E-state index in [1.54, 1.807) is 37.6 Å². The first-order valence-electron chi connectivity index (χ1n) is 9.42. The number of pyridine rings is 1. The highest BCUT2D eigenvalue weighted by molar-refractivity contribution is 7.89. The Balaban J connectivity index is 1.55. The van der Waals surface area contributed by atoms with Crippen LogP contribution in [0.5, 0.6) is 5.88 Å². The number of methoxy groups -OCH3 is 1. The van der Waals surface area contributed by atoms with Crippen molar-refractivity contribution in [3.8, 4) is 5.88 Å². The number of rotatable bonds is 11. The summed E-state index contributed by atoms with van der Waals surface area (Å²) in [5, 5.41) is 2.77. The summed E-state index contributed by atoms with van der Waals surface area (Å²) < 4.78 is 37.6. The molecule has 156 valence electrons. The monoisotopic (exact) mass is 419 g/mol. The van der Waals surface area contributed by atoms with Crippen molar-refractivity contribution in [2.75, 3.05) is 26.9 Å². The number of nitrogens with zero attached hydrogens (tertiary/aromatic N) is 1. The zero-order chi connectivity index (χ0) is 20.7. The quantitative estimate of drug-likeness (QED) is 0.537. The average Bonchev–Trinajstić information content (AvgIpc) is 3.56. The molecule has 0 aliphatic heterocycles. The molecule has 1 amide bonds. The lowest BCUT2D eigenvalue weighted by molar-refractivity contribution is 0.0950. The second-order valence-electron chi connectivity index (χ2n) is 6.85. The summed E-state index contributed by atoms with van der Waals surface area (Å²) >= 11 is 0. The van der Waals surface area contributed by atoms with E-state index in [2.05, 4.69) is 15.0 Å². The van der Waals surface area contributed by atoms with Crippen molar-refractivity contribution in [3.05, 3.63) is 53.7 Å². The van der Waals surface area contributed by atoms with E-state index in [4.69, 9.17) is 9.47 Å². The van der Waals surface area contributed by atoms with E-state index in [0.717, 1.165) is 18.4 Å². The zero-order valence-electron chi connectivity index (χ0n) is 16.3. The molecule has 0 spiro atoms. The number of carbonyl (C=O) groups is 1. The van der Waals surface area contributed by atoms with Gasteiger partial charge in [-0.2, -0.15) is 0 Å². The summed E-state index contributed by atoms with van der Waals surface area (Å²) in [5.74, 6) is 0.556. The van der Waals surface area contributed by atoms with Crippen molar-refractivity contribution >= 4 is 15.9 Å². The van der Waals surface area contributed by atoms with Crippen LogP contribution in [0.2, 0.25) is 0 Å². The number of benzene rings is 1. The van der Waals surface area contributed by atoms with Crippen LogP contribution in [-0.4, -0.2) is 46.2 Å². The van der Waals surface area contributed by atoms with Gasteiger partial charge in [-0.05, 0) is 42.5 Å². The van der Waals surface area contributed by atoms with Crippen molar-refractivity contribution in [2.24, 2.45) is 5.92 Å². The number of hydrogen-bond donors (Lipinski definition) is 2. The minimum atomic E-state index is -3.62. The summed E-state index contributed by atoms with van der Waals surface area (Å²) in [5.41, 5.74) is 1.08. The molecule has 0 saturated heterocycles. The van der Waals surface area contributed by atoms with Crippen LogP contribution in [0, 0.1) is 5.92 Å². The third kappa shape index (κ3) is 6.52. The van der Waals surface area contributed by atoms with Crippen LogP contribution in [0.4, 0.5) is 0 Å². The third-order valence-electron chi connectivity index (χ3n) is 4.45. The van der Waals surface area contributed by atoms with Crippen molar-refractivity contribution < 1.29 is 22.7 Å². The van der Waals surface area contributed by atoms with E-state index >= 15 is 0 Å². The van der Waals surface area contributed by atoms with Gasteiger partial charge in [0.1, 0.15) is 6.61 Å². The molecular weight excluding hydrogens is 394 g/mol. The Morgan fingerprint density at radius 1 is 1.21 bits per heavy atom. The van der Waals surface area contributed by atoms with Gasteiger partial charge in [0.15, 0.2) is 0 Å². The van der Waals surface area contributed by atoms with E-state index in [0.29, 0.717) is 31.6 Å². The van der Waals surface area contributed by atoms with Gasteiger partial charge in [-0.15, -0.1) is 0 Å². The SMILES string of the molecule is COCCOc1ccc(CNC(=O)c2cccc(S(=O)(=O)NCC3CC3)c2)cn1. The lowest BCUT2D eigenvalue weighted by Gasteiger charge is -2.09. The van der Waals surface area contributed by atoms with E-state index < -0.39 is 10.0 Å². The topological polar surface area (TPSA) is 107 Å². The first-order chi connectivity index (χ1) is 14.0. The number of aromatic nitrogens is 1. The maximum absolute atomic E-state index is 12.4. The fourth-order valence-corrected chi connectivity index (χ4v) is 3.71. The molecule has 2 aromatic rings. The van der Waals surface area contributed by atoms with Gasteiger partial charge >= 0.3 is 0 Å². The first kappa shape index (κ1) is 21.2. The van der Waals surface area contributed by atoms with Crippen LogP contribution in [0.25, 0.3) is 0 Å². The van der Waals surface area contributed by atoms with Crippen molar-refractivity contribution in [1.29, 1.82) is 0 Å². The van der Waals surface area contributed by atoms with Crippen LogP contribution in [0.3, 0.4) is 0 Å². The standard InChI is InChI=1S/C20H25N3O5S/c1-27-9-10-28-19-8-7-16(12-21-19)13-22-20(24)17-3-2-4-18(11-17)29(25,26)23-14-15-5-6-15/h2-4,7-8,11-12,15,23H,5-6,9-10,13-14H2,1H3,(H,22,24). The van der Waals surface area contributed by atoms with Gasteiger partial charge in [-0.25, -0.2) is 18.1 Å². The molecule has 8 nitrogen and oxygen atoms in total. The zero-order valence-corrected chi connectivity index (χ0v) is 17.1. The molecule has 1 fully saturated rings. The fourth-order valence-electron chi connectivity index (χ4n) is 2.55. The number of ether oxygens (including phenoxy) is 2. The minimum absolute atomic E-state index is 0.0880. The number of nitrogens with one attached hydrogen (secondary N) is 2. The molecule has 0 atom stereocenters. The van der Waals surface area contributed by atoms with Crippen molar-refractivity contribution in [1.82, 2.24) is 15.0 Å². The molecule has 29 heavy (non-hydrogen) atoms. The fraction of sp³-hybridized carbons (Fsp3) is 0.400. The highest BCUT2D eigenvalue weighted by Gasteiger charge is 2.24. The summed E-state index contributed by atoms with van der Waals surface area (Å²) in [6.45, 7) is 1.59. The molecule has 3 rings (SSSR count). The van der Waals surface area contributed by atoms with Gasteiger partial charge < -0.3 is 14.8 Å². The average molecular weight is 420 g/mol. The molecule has 9 heteroatoms. The molecule has 2 N–H and O–H groups in total. The maximum atomic E-state index is 12.4. The predicted molar refractivity (Wildman–Crippen MR) is 107 cm³/mol. The molecule has 1 saturated carbocycles. The number of sulfonamides is 1. The Bertz CT molecular complexity index is 927. The second kappa shape index (κ2) is 9.82. The molecule has 1 aliphatic carbocycles. The van der Waals surface area contributed by atoms with Crippen LogP contribution in [0.15, 0.2) is 47.5 Å². The summed E-state index contributed by atoms with van der Waals surface area (Å²) in [6.07, 6.45) is 3.73. The van der Waals surface area contributed by atoms with Gasteiger partial charge in [0.25, 0.3) is 5.91 Å². The first-order valence-corrected chi connectivity index (χ1v) is 10.9. The van der Waals surface area contributed by atoms with E-state index in [9.17, 15) is 13.2 Å². The number of hydrogen-bond acceptors (Lipinski definition) is 6. The highest BCUT2D eigenvalue weighted by atomic mass is 32.2. The Morgan fingerprint density at radius 3 is 2.72 bits per heavy atom. The van der Waals surface area contributed by atoms with Crippen molar-refractivity contribution in [2.45, 2.75) is 24.3 Å². The Kier molecular flexibility index (Phi) is 7.18. The minimum Gasteiger partial charge on any atom is -0.475 e. The summed E-state index contributed by atoms with van der Waals surface area (Å²) in [6, 6.07) is 9.54. The van der Waals surface area contributed by atoms with Crippen LogP contribution in [-0.2, 0) is 21.3 Å². The van der Waals surface area contributed by atoms with Gasteiger partial charge in [0.2, 0.25) is 15.9 Å². The molecule has 1 aromatic heterocycles. The highest BCUT2D eigenvalue weighted by Crippen LogP contribution is 2.28. The molecule has 1 aromatic carbocycles. The van der Waals surface area contributed by atoms with Gasteiger partial charge in [0, 0.05) is 38.0 Å². The smallest absolute Gasteiger partial charge is 0.251 e. The number of amides is 1. The van der Waals surface area contributed by atoms with E-state index in [1.807, 2.05) is 0 Å². The lowest BCUT2D eigenvalue weighted by Crippen LogP contribution is -2.27. The van der Waals surface area contributed by atoms with E-state index in [1.165, 1.54) is 12.1 Å². The second-order valence-corrected chi connectivity index (χ2v) is 8.62.